The number of aryl methyl sites for hydroxylation is 1. The van der Waals surface area contributed by atoms with Crippen molar-refractivity contribution in [2.45, 2.75) is 64.6 Å². The van der Waals surface area contributed by atoms with E-state index in [1.54, 1.807) is 25.1 Å². The smallest absolute Gasteiger partial charge is 0.244 e. The standard InChI is InChI=1S/C26H33Br2N3O4S/c1-18-15-23(13-14-24(18)28)31(36(3,34)35)17-25(32)30(16-20-9-11-21(27)12-10-20)19(2)26(33)29-22-7-5-4-6-8-22/h9-15,19,22H,4-8,16-17H2,1-3H3,(H,29,33)/t19-/m0/s1. The van der Waals surface area contributed by atoms with E-state index in [1.165, 1.54) is 11.3 Å². The van der Waals surface area contributed by atoms with Crippen LogP contribution in [0.15, 0.2) is 51.4 Å². The monoisotopic (exact) mass is 641 g/mol. The Kier molecular flexibility index (Phi) is 10.00. The fourth-order valence-electron chi connectivity index (χ4n) is 4.34. The normalized spacial score (nSPS) is 15.2. The number of halogens is 2. The molecule has 36 heavy (non-hydrogen) atoms. The quantitative estimate of drug-likeness (QED) is 0.410. The second-order valence-electron chi connectivity index (χ2n) is 9.37. The van der Waals surface area contributed by atoms with Crippen molar-refractivity contribution in [3.63, 3.8) is 0 Å². The summed E-state index contributed by atoms with van der Waals surface area (Å²) in [7, 11) is -3.76. The number of rotatable bonds is 9. The third-order valence-corrected chi connectivity index (χ3v) is 9.05. The van der Waals surface area contributed by atoms with Crippen LogP contribution in [0.3, 0.4) is 0 Å². The maximum atomic E-state index is 13.7. The van der Waals surface area contributed by atoms with Crippen LogP contribution in [0.5, 0.6) is 0 Å². The number of carbonyl (C=O) groups is 2. The number of benzene rings is 2. The summed E-state index contributed by atoms with van der Waals surface area (Å²) in [6.07, 6.45) is 6.28. The van der Waals surface area contributed by atoms with Crippen molar-refractivity contribution in [2.75, 3.05) is 17.1 Å². The van der Waals surface area contributed by atoms with Crippen LogP contribution in [0.1, 0.15) is 50.2 Å². The van der Waals surface area contributed by atoms with E-state index < -0.39 is 28.5 Å². The highest BCUT2D eigenvalue weighted by atomic mass is 79.9. The van der Waals surface area contributed by atoms with Crippen molar-refractivity contribution in [2.24, 2.45) is 0 Å². The van der Waals surface area contributed by atoms with Crippen LogP contribution < -0.4 is 9.62 Å². The second kappa shape index (κ2) is 12.6. The fraction of sp³-hybridized carbons (Fsp3) is 0.462. The number of hydrogen-bond donors (Lipinski definition) is 1. The molecule has 2 aromatic carbocycles. The zero-order valence-corrected chi connectivity index (χ0v) is 24.8. The first-order valence-electron chi connectivity index (χ1n) is 12.0. The minimum Gasteiger partial charge on any atom is -0.352 e. The number of nitrogens with one attached hydrogen (secondary N) is 1. The Bertz CT molecular complexity index is 1180. The molecule has 3 rings (SSSR count). The molecule has 2 aromatic rings. The van der Waals surface area contributed by atoms with Crippen LogP contribution in [0.4, 0.5) is 5.69 Å². The molecule has 0 spiro atoms. The van der Waals surface area contributed by atoms with Crippen molar-refractivity contribution in [1.29, 1.82) is 0 Å². The summed E-state index contributed by atoms with van der Waals surface area (Å²) in [5.74, 6) is -0.673. The summed E-state index contributed by atoms with van der Waals surface area (Å²) in [4.78, 5) is 28.3. The van der Waals surface area contributed by atoms with Crippen molar-refractivity contribution < 1.29 is 18.0 Å². The van der Waals surface area contributed by atoms with Crippen molar-refractivity contribution in [3.8, 4) is 0 Å². The van der Waals surface area contributed by atoms with Gasteiger partial charge in [0.05, 0.1) is 11.9 Å². The zero-order chi connectivity index (χ0) is 26.5. The molecule has 0 heterocycles. The Balaban J connectivity index is 1.87. The molecule has 196 valence electrons. The Morgan fingerprint density at radius 2 is 1.69 bits per heavy atom. The lowest BCUT2D eigenvalue weighted by Crippen LogP contribution is -2.52. The number of sulfonamides is 1. The van der Waals surface area contributed by atoms with Gasteiger partial charge in [-0.2, -0.15) is 0 Å². The van der Waals surface area contributed by atoms with Gasteiger partial charge in [0.25, 0.3) is 0 Å². The third-order valence-electron chi connectivity index (χ3n) is 6.49. The summed E-state index contributed by atoms with van der Waals surface area (Å²) in [6, 6.07) is 12.0. The number of amides is 2. The Labute approximate surface area is 230 Å². The molecule has 1 aliphatic carbocycles. The number of anilines is 1. The number of hydrogen-bond acceptors (Lipinski definition) is 4. The Morgan fingerprint density at radius 3 is 2.28 bits per heavy atom. The minimum atomic E-state index is -3.76. The first-order valence-corrected chi connectivity index (χ1v) is 15.5. The molecule has 0 radical (unpaired) electrons. The van der Waals surface area contributed by atoms with Crippen LogP contribution in [0, 0.1) is 6.92 Å². The summed E-state index contributed by atoms with van der Waals surface area (Å²) in [6.45, 7) is 3.33. The van der Waals surface area contributed by atoms with E-state index >= 15 is 0 Å². The minimum absolute atomic E-state index is 0.108. The molecular formula is C26H33Br2N3O4S. The molecule has 7 nitrogen and oxygen atoms in total. The lowest BCUT2D eigenvalue weighted by Gasteiger charge is -2.33. The van der Waals surface area contributed by atoms with Crippen LogP contribution in [0.25, 0.3) is 0 Å². The van der Waals surface area contributed by atoms with Crippen molar-refractivity contribution >= 4 is 59.4 Å². The van der Waals surface area contributed by atoms with E-state index in [2.05, 4.69) is 37.2 Å². The van der Waals surface area contributed by atoms with Crippen LogP contribution in [0.2, 0.25) is 0 Å². The van der Waals surface area contributed by atoms with Gasteiger partial charge >= 0.3 is 0 Å². The predicted octanol–water partition coefficient (Wildman–Crippen LogP) is 5.15. The average Bonchev–Trinajstić information content (AvgIpc) is 2.83. The van der Waals surface area contributed by atoms with E-state index in [1.807, 2.05) is 31.2 Å². The average molecular weight is 643 g/mol. The topological polar surface area (TPSA) is 86.8 Å². The van der Waals surface area contributed by atoms with E-state index in [0.29, 0.717) is 5.69 Å². The van der Waals surface area contributed by atoms with Gasteiger partial charge in [-0.3, -0.25) is 13.9 Å². The molecule has 1 aliphatic rings. The summed E-state index contributed by atoms with van der Waals surface area (Å²) in [5.41, 5.74) is 2.09. The molecule has 0 aliphatic heterocycles. The van der Waals surface area contributed by atoms with E-state index in [4.69, 9.17) is 0 Å². The molecule has 0 unspecified atom stereocenters. The van der Waals surface area contributed by atoms with E-state index in [9.17, 15) is 18.0 Å². The van der Waals surface area contributed by atoms with Gasteiger partial charge in [-0.15, -0.1) is 0 Å². The summed E-state index contributed by atoms with van der Waals surface area (Å²) < 4.78 is 28.3. The lowest BCUT2D eigenvalue weighted by molar-refractivity contribution is -0.139. The molecule has 1 atom stereocenters. The van der Waals surface area contributed by atoms with Gasteiger partial charge in [-0.05, 0) is 68.1 Å². The molecule has 0 bridgehead atoms. The Morgan fingerprint density at radius 1 is 1.06 bits per heavy atom. The first-order chi connectivity index (χ1) is 17.0. The van der Waals surface area contributed by atoms with Crippen molar-refractivity contribution in [3.05, 3.63) is 62.5 Å². The van der Waals surface area contributed by atoms with Gasteiger partial charge in [-0.1, -0.05) is 63.3 Å². The highest BCUT2D eigenvalue weighted by molar-refractivity contribution is 9.10. The molecular weight excluding hydrogens is 610 g/mol. The fourth-order valence-corrected chi connectivity index (χ4v) is 5.69. The van der Waals surface area contributed by atoms with Gasteiger partial charge in [0.1, 0.15) is 12.6 Å². The van der Waals surface area contributed by atoms with E-state index in [0.717, 1.165) is 56.3 Å². The SMILES string of the molecule is Cc1cc(N(CC(=O)N(Cc2ccc(Br)cc2)[C@@H](C)C(=O)NC2CCCCC2)S(C)(=O)=O)ccc1Br. The van der Waals surface area contributed by atoms with E-state index in [-0.39, 0.29) is 18.5 Å². The van der Waals surface area contributed by atoms with Gasteiger partial charge < -0.3 is 10.2 Å². The lowest BCUT2D eigenvalue weighted by atomic mass is 9.95. The molecule has 0 saturated heterocycles. The largest absolute Gasteiger partial charge is 0.352 e. The molecule has 0 aromatic heterocycles. The molecule has 10 heteroatoms. The second-order valence-corrected chi connectivity index (χ2v) is 13.0. The maximum absolute atomic E-state index is 13.7. The predicted molar refractivity (Wildman–Crippen MR) is 150 cm³/mol. The summed E-state index contributed by atoms with van der Waals surface area (Å²) in [5, 5.41) is 3.10. The first kappa shape index (κ1) is 28.7. The van der Waals surface area contributed by atoms with Gasteiger partial charge in [-0.25, -0.2) is 8.42 Å². The van der Waals surface area contributed by atoms with Crippen LogP contribution in [-0.2, 0) is 26.2 Å². The van der Waals surface area contributed by atoms with Crippen molar-refractivity contribution in [1.82, 2.24) is 10.2 Å². The number of carbonyl (C=O) groups excluding carboxylic acids is 2. The van der Waals surface area contributed by atoms with Gasteiger partial charge in [0.15, 0.2) is 0 Å². The molecule has 1 fully saturated rings. The van der Waals surface area contributed by atoms with Gasteiger partial charge in [0.2, 0.25) is 21.8 Å². The third kappa shape index (κ3) is 7.79. The zero-order valence-electron chi connectivity index (χ0n) is 20.8. The summed E-state index contributed by atoms with van der Waals surface area (Å²) >= 11 is 6.85. The molecule has 1 N–H and O–H groups in total. The molecule has 2 amide bonds. The molecule has 1 saturated carbocycles. The highest BCUT2D eigenvalue weighted by Crippen LogP contribution is 2.25. The van der Waals surface area contributed by atoms with Crippen LogP contribution >= 0.6 is 31.9 Å². The van der Waals surface area contributed by atoms with Gasteiger partial charge in [0, 0.05) is 21.5 Å². The maximum Gasteiger partial charge on any atom is 0.244 e. The number of nitrogens with zero attached hydrogens (tertiary/aromatic N) is 2. The Hall–Kier alpha value is -1.91. The highest BCUT2D eigenvalue weighted by Gasteiger charge is 2.31. The van der Waals surface area contributed by atoms with Crippen LogP contribution in [-0.4, -0.2) is 50.0 Å².